The van der Waals surface area contributed by atoms with Gasteiger partial charge < -0.3 is 11.1 Å². The van der Waals surface area contributed by atoms with Crippen LogP contribution < -0.4 is 11.1 Å². The van der Waals surface area contributed by atoms with E-state index < -0.39 is 0 Å². The third-order valence-corrected chi connectivity index (χ3v) is 2.81. The summed E-state index contributed by atoms with van der Waals surface area (Å²) in [4.78, 5) is 11.7. The molecule has 1 aromatic heterocycles. The molecule has 0 bridgehead atoms. The second kappa shape index (κ2) is 3.92. The Labute approximate surface area is 88.4 Å². The number of carbonyl (C=O) groups is 1. The van der Waals surface area contributed by atoms with Crippen molar-refractivity contribution in [1.82, 2.24) is 15.5 Å². The van der Waals surface area contributed by atoms with Crippen molar-refractivity contribution in [2.24, 2.45) is 5.92 Å². The average Bonchev–Trinajstić information content (AvgIpc) is 2.76. The number of hydrogen-bond acceptors (Lipinski definition) is 3. The Hall–Kier alpha value is -1.52. The van der Waals surface area contributed by atoms with Crippen LogP contribution in [0.2, 0.25) is 0 Å². The van der Waals surface area contributed by atoms with Crippen LogP contribution in [0.1, 0.15) is 36.5 Å². The minimum Gasteiger partial charge on any atom is -0.383 e. The summed E-state index contributed by atoms with van der Waals surface area (Å²) in [5.74, 6) is 0.872. The molecule has 0 radical (unpaired) electrons. The first kappa shape index (κ1) is 10.0. The molecule has 2 atom stereocenters. The van der Waals surface area contributed by atoms with Crippen LogP contribution in [0.3, 0.4) is 0 Å². The van der Waals surface area contributed by atoms with Crippen molar-refractivity contribution in [2.75, 3.05) is 5.73 Å². The summed E-state index contributed by atoms with van der Waals surface area (Å²) in [6, 6.07) is 0.340. The van der Waals surface area contributed by atoms with Crippen LogP contribution in [-0.4, -0.2) is 22.1 Å². The number of hydrogen-bond donors (Lipinski definition) is 3. The van der Waals surface area contributed by atoms with Gasteiger partial charge in [0.15, 0.2) is 0 Å². The molecule has 0 saturated heterocycles. The van der Waals surface area contributed by atoms with Gasteiger partial charge in [-0.25, -0.2) is 0 Å². The van der Waals surface area contributed by atoms with E-state index in [4.69, 9.17) is 5.73 Å². The molecule has 4 N–H and O–H groups in total. The van der Waals surface area contributed by atoms with Crippen molar-refractivity contribution >= 4 is 11.7 Å². The topological polar surface area (TPSA) is 83.8 Å². The lowest BCUT2D eigenvalue weighted by atomic mass is 10.2. The van der Waals surface area contributed by atoms with Crippen LogP contribution in [-0.2, 0) is 0 Å². The molecule has 82 valence electrons. The smallest absolute Gasteiger partial charge is 0.256 e. The van der Waals surface area contributed by atoms with E-state index in [1.165, 1.54) is 19.0 Å². The summed E-state index contributed by atoms with van der Waals surface area (Å²) in [6.07, 6.45) is 4.91. The zero-order valence-corrected chi connectivity index (χ0v) is 8.79. The number of amides is 1. The van der Waals surface area contributed by atoms with Crippen molar-refractivity contribution in [3.8, 4) is 0 Å². The Kier molecular flexibility index (Phi) is 2.62. The second-order valence-corrected chi connectivity index (χ2v) is 4.06. The van der Waals surface area contributed by atoms with E-state index in [9.17, 15) is 4.79 Å². The molecule has 1 saturated carbocycles. The summed E-state index contributed by atoms with van der Waals surface area (Å²) in [5.41, 5.74) is 5.99. The molecule has 5 heteroatoms. The summed E-state index contributed by atoms with van der Waals surface area (Å²) in [6.45, 7) is 2.16. The average molecular weight is 208 g/mol. The number of aromatic amines is 1. The number of nitrogens with two attached hydrogens (primary N) is 1. The van der Waals surface area contributed by atoms with Crippen LogP contribution >= 0.6 is 0 Å². The molecule has 1 aliphatic carbocycles. The van der Waals surface area contributed by atoms with E-state index in [1.807, 2.05) is 0 Å². The molecule has 1 fully saturated rings. The van der Waals surface area contributed by atoms with Crippen molar-refractivity contribution in [3.05, 3.63) is 11.8 Å². The van der Waals surface area contributed by atoms with Gasteiger partial charge >= 0.3 is 0 Å². The van der Waals surface area contributed by atoms with E-state index in [0.29, 0.717) is 23.3 Å². The summed E-state index contributed by atoms with van der Waals surface area (Å²) in [7, 11) is 0. The molecule has 1 heterocycles. The van der Waals surface area contributed by atoms with E-state index in [0.717, 1.165) is 6.42 Å². The van der Waals surface area contributed by atoms with Crippen LogP contribution in [0.4, 0.5) is 5.82 Å². The highest BCUT2D eigenvalue weighted by molar-refractivity contribution is 5.98. The molecule has 0 aromatic carbocycles. The standard InChI is InChI=1S/C10H16N4O/c1-2-3-6-4-8(6)13-10(15)7-5-12-14-9(7)11/h5-6,8H,2-4H2,1H3,(H,13,15)(H3,11,12,14). The van der Waals surface area contributed by atoms with Gasteiger partial charge in [0.25, 0.3) is 5.91 Å². The lowest BCUT2D eigenvalue weighted by Gasteiger charge is -2.02. The molecule has 1 aliphatic rings. The van der Waals surface area contributed by atoms with Gasteiger partial charge in [0.1, 0.15) is 11.4 Å². The molecular formula is C10H16N4O. The number of anilines is 1. The van der Waals surface area contributed by atoms with Crippen LogP contribution in [0, 0.1) is 5.92 Å². The van der Waals surface area contributed by atoms with Crippen LogP contribution in [0.15, 0.2) is 6.20 Å². The largest absolute Gasteiger partial charge is 0.383 e. The van der Waals surface area contributed by atoms with Gasteiger partial charge in [0, 0.05) is 6.04 Å². The number of rotatable bonds is 4. The van der Waals surface area contributed by atoms with Gasteiger partial charge in [-0.3, -0.25) is 9.89 Å². The molecule has 5 nitrogen and oxygen atoms in total. The van der Waals surface area contributed by atoms with Gasteiger partial charge in [-0.05, 0) is 18.8 Å². The molecule has 2 unspecified atom stereocenters. The number of nitrogen functional groups attached to an aromatic ring is 1. The zero-order valence-electron chi connectivity index (χ0n) is 8.79. The first-order chi connectivity index (χ1) is 7.22. The molecule has 0 spiro atoms. The van der Waals surface area contributed by atoms with Crippen molar-refractivity contribution in [2.45, 2.75) is 32.2 Å². The van der Waals surface area contributed by atoms with Crippen molar-refractivity contribution < 1.29 is 4.79 Å². The van der Waals surface area contributed by atoms with Gasteiger partial charge in [0.2, 0.25) is 0 Å². The van der Waals surface area contributed by atoms with Crippen molar-refractivity contribution in [1.29, 1.82) is 0 Å². The van der Waals surface area contributed by atoms with Crippen LogP contribution in [0.5, 0.6) is 0 Å². The molecule has 0 aliphatic heterocycles. The van der Waals surface area contributed by atoms with E-state index in [1.54, 1.807) is 0 Å². The molecule has 1 aromatic rings. The first-order valence-electron chi connectivity index (χ1n) is 5.32. The maximum absolute atomic E-state index is 11.7. The summed E-state index contributed by atoms with van der Waals surface area (Å²) < 4.78 is 0. The zero-order chi connectivity index (χ0) is 10.8. The van der Waals surface area contributed by atoms with Gasteiger partial charge in [0.05, 0.1) is 6.20 Å². The summed E-state index contributed by atoms with van der Waals surface area (Å²) in [5, 5.41) is 9.21. The number of nitrogens with one attached hydrogen (secondary N) is 2. The van der Waals surface area contributed by atoms with Gasteiger partial charge in [-0.2, -0.15) is 5.10 Å². The number of carbonyl (C=O) groups excluding carboxylic acids is 1. The molecule has 1 amide bonds. The number of nitrogens with zero attached hydrogens (tertiary/aromatic N) is 1. The van der Waals surface area contributed by atoms with Gasteiger partial charge in [-0.1, -0.05) is 13.3 Å². The van der Waals surface area contributed by atoms with E-state index in [2.05, 4.69) is 22.4 Å². The fourth-order valence-corrected chi connectivity index (χ4v) is 1.84. The van der Waals surface area contributed by atoms with Crippen LogP contribution in [0.25, 0.3) is 0 Å². The predicted molar refractivity (Wildman–Crippen MR) is 57.3 cm³/mol. The Morgan fingerprint density at radius 3 is 3.20 bits per heavy atom. The fraction of sp³-hybridized carbons (Fsp3) is 0.600. The highest BCUT2D eigenvalue weighted by Crippen LogP contribution is 2.34. The first-order valence-corrected chi connectivity index (χ1v) is 5.32. The molecule has 2 rings (SSSR count). The monoisotopic (exact) mass is 208 g/mol. The SMILES string of the molecule is CCCC1CC1NC(=O)c1cn[nH]c1N. The highest BCUT2D eigenvalue weighted by Gasteiger charge is 2.37. The minimum absolute atomic E-state index is 0.121. The number of H-pyrrole nitrogens is 1. The Balaban J connectivity index is 1.87. The third kappa shape index (κ3) is 2.11. The maximum Gasteiger partial charge on any atom is 0.256 e. The van der Waals surface area contributed by atoms with E-state index in [-0.39, 0.29) is 5.91 Å². The predicted octanol–water partition coefficient (Wildman–Crippen LogP) is 0.910. The lowest BCUT2D eigenvalue weighted by molar-refractivity contribution is 0.0950. The van der Waals surface area contributed by atoms with Gasteiger partial charge in [-0.15, -0.1) is 0 Å². The molecular weight excluding hydrogens is 192 g/mol. The fourth-order valence-electron chi connectivity index (χ4n) is 1.84. The Morgan fingerprint density at radius 2 is 2.60 bits per heavy atom. The quantitative estimate of drug-likeness (QED) is 0.687. The Bertz CT molecular complexity index is 360. The maximum atomic E-state index is 11.7. The lowest BCUT2D eigenvalue weighted by Crippen LogP contribution is -2.27. The van der Waals surface area contributed by atoms with E-state index >= 15 is 0 Å². The minimum atomic E-state index is -0.121. The normalized spacial score (nSPS) is 23.8. The summed E-state index contributed by atoms with van der Waals surface area (Å²) >= 11 is 0. The molecule has 15 heavy (non-hydrogen) atoms. The third-order valence-electron chi connectivity index (χ3n) is 2.81. The highest BCUT2D eigenvalue weighted by atomic mass is 16.1. The Morgan fingerprint density at radius 1 is 1.80 bits per heavy atom. The van der Waals surface area contributed by atoms with Crippen molar-refractivity contribution in [3.63, 3.8) is 0 Å². The second-order valence-electron chi connectivity index (χ2n) is 4.06. The number of aromatic nitrogens is 2.